The smallest absolute Gasteiger partial charge is 0.250 e. The molecular formula is C21H32F2N4O3S. The number of halogens is 2. The molecule has 1 saturated carbocycles. The molecule has 2 heterocycles. The molecule has 1 saturated heterocycles. The van der Waals surface area contributed by atoms with Crippen LogP contribution >= 0.6 is 0 Å². The number of sulfonamides is 1. The maximum Gasteiger partial charge on any atom is 0.250 e. The minimum atomic E-state index is -4.01. The van der Waals surface area contributed by atoms with Gasteiger partial charge in [-0.3, -0.25) is 4.79 Å². The Kier molecular flexibility index (Phi) is 6.90. The van der Waals surface area contributed by atoms with Gasteiger partial charge in [0.25, 0.3) is 0 Å². The van der Waals surface area contributed by atoms with Crippen molar-refractivity contribution in [1.29, 1.82) is 0 Å². The Morgan fingerprint density at radius 3 is 2.65 bits per heavy atom. The van der Waals surface area contributed by atoms with Crippen LogP contribution in [0.3, 0.4) is 0 Å². The number of carbonyl (C=O) groups is 1. The minimum absolute atomic E-state index is 0.0370. The van der Waals surface area contributed by atoms with Crippen LogP contribution in [0, 0.1) is 6.92 Å². The lowest BCUT2D eigenvalue weighted by Gasteiger charge is -2.30. The predicted octanol–water partition coefficient (Wildman–Crippen LogP) is 3.08. The largest absolute Gasteiger partial charge is 0.353 e. The van der Waals surface area contributed by atoms with Gasteiger partial charge in [-0.2, -0.15) is 4.31 Å². The van der Waals surface area contributed by atoms with Gasteiger partial charge in [0.15, 0.2) is 0 Å². The van der Waals surface area contributed by atoms with E-state index < -0.39 is 40.4 Å². The van der Waals surface area contributed by atoms with E-state index in [1.807, 2.05) is 25.7 Å². The lowest BCUT2D eigenvalue weighted by Crippen LogP contribution is -2.48. The monoisotopic (exact) mass is 458 g/mol. The summed E-state index contributed by atoms with van der Waals surface area (Å²) in [6, 6.07) is 1.71. The number of aryl methyl sites for hydroxylation is 1. The quantitative estimate of drug-likeness (QED) is 0.679. The number of rotatable bonds is 7. The van der Waals surface area contributed by atoms with Gasteiger partial charge in [-0.15, -0.1) is 0 Å². The zero-order chi connectivity index (χ0) is 23.0. The van der Waals surface area contributed by atoms with E-state index >= 15 is 0 Å². The van der Waals surface area contributed by atoms with Crippen molar-refractivity contribution in [3.05, 3.63) is 17.8 Å². The summed E-state index contributed by atoms with van der Waals surface area (Å²) in [5.74, 6) is -2.90. The van der Waals surface area contributed by atoms with Crippen molar-refractivity contribution in [1.82, 2.24) is 14.6 Å². The van der Waals surface area contributed by atoms with E-state index in [0.29, 0.717) is 30.9 Å². The van der Waals surface area contributed by atoms with Gasteiger partial charge >= 0.3 is 0 Å². The number of aromatic nitrogens is 1. The van der Waals surface area contributed by atoms with E-state index in [2.05, 4.69) is 10.3 Å². The fourth-order valence-electron chi connectivity index (χ4n) is 4.48. The van der Waals surface area contributed by atoms with Gasteiger partial charge in [-0.05, 0) is 59.1 Å². The molecule has 0 radical (unpaired) electrons. The summed E-state index contributed by atoms with van der Waals surface area (Å²) in [5, 5.41) is 2.65. The van der Waals surface area contributed by atoms with Crippen LogP contribution in [0.15, 0.2) is 17.0 Å². The van der Waals surface area contributed by atoms with Crippen LogP contribution in [0.4, 0.5) is 14.6 Å². The summed E-state index contributed by atoms with van der Waals surface area (Å²) < 4.78 is 55.4. The van der Waals surface area contributed by atoms with Crippen molar-refractivity contribution >= 4 is 21.7 Å². The van der Waals surface area contributed by atoms with Crippen molar-refractivity contribution in [2.24, 2.45) is 0 Å². The van der Waals surface area contributed by atoms with E-state index in [9.17, 15) is 22.0 Å². The third-order valence-electron chi connectivity index (χ3n) is 6.06. The maximum atomic E-state index is 13.6. The Morgan fingerprint density at radius 1 is 1.35 bits per heavy atom. The summed E-state index contributed by atoms with van der Waals surface area (Å²) in [5.41, 5.74) is 0.700. The second-order valence-corrected chi connectivity index (χ2v) is 10.6. The molecule has 1 N–H and O–H groups in total. The molecule has 2 aliphatic rings. The lowest BCUT2D eigenvalue weighted by atomic mass is 10.2. The highest BCUT2D eigenvalue weighted by Gasteiger charge is 2.44. The Hall–Kier alpha value is -1.81. The first-order valence-corrected chi connectivity index (χ1v) is 12.3. The second kappa shape index (κ2) is 8.97. The molecule has 31 heavy (non-hydrogen) atoms. The van der Waals surface area contributed by atoms with E-state index in [1.54, 1.807) is 19.1 Å². The summed E-state index contributed by atoms with van der Waals surface area (Å²) in [6.45, 7) is 8.46. The van der Waals surface area contributed by atoms with Crippen molar-refractivity contribution in [3.63, 3.8) is 0 Å². The zero-order valence-corrected chi connectivity index (χ0v) is 19.4. The highest BCUT2D eigenvalue weighted by molar-refractivity contribution is 7.89. The molecule has 3 rings (SSSR count). The van der Waals surface area contributed by atoms with Gasteiger partial charge in [0.05, 0.1) is 0 Å². The average Bonchev–Trinajstić information content (AvgIpc) is 3.29. The van der Waals surface area contributed by atoms with Crippen molar-refractivity contribution in [3.8, 4) is 0 Å². The summed E-state index contributed by atoms with van der Waals surface area (Å²) >= 11 is 0. The molecule has 2 atom stereocenters. The summed E-state index contributed by atoms with van der Waals surface area (Å²) in [6.07, 6.45) is 0.443. The topological polar surface area (TPSA) is 82.6 Å². The molecule has 0 unspecified atom stereocenters. The van der Waals surface area contributed by atoms with Gasteiger partial charge in [0.1, 0.15) is 16.8 Å². The van der Waals surface area contributed by atoms with Crippen LogP contribution in [0.2, 0.25) is 0 Å². The number of nitrogens with zero attached hydrogens (tertiary/aromatic N) is 3. The van der Waals surface area contributed by atoms with Gasteiger partial charge in [-0.25, -0.2) is 22.2 Å². The standard InChI is InChI=1S/C21H32F2N4O3S/c1-5-26(14(2)3)19-18(9-8-15(4)24-19)31(29,30)27-12-6-7-17(27)20(28)25-16-10-11-21(22,23)13-16/h8-9,14,16-17H,5-7,10-13H2,1-4H3,(H,25,28)/t16-,17+/m1/s1. The molecule has 0 bridgehead atoms. The zero-order valence-electron chi connectivity index (χ0n) is 18.6. The van der Waals surface area contributed by atoms with Crippen LogP contribution in [0.25, 0.3) is 0 Å². The molecule has 10 heteroatoms. The van der Waals surface area contributed by atoms with E-state index in [0.717, 1.165) is 0 Å². The Morgan fingerprint density at radius 2 is 2.06 bits per heavy atom. The highest BCUT2D eigenvalue weighted by Crippen LogP contribution is 2.36. The van der Waals surface area contributed by atoms with E-state index in [4.69, 9.17) is 0 Å². The second-order valence-electron chi connectivity index (χ2n) is 8.73. The van der Waals surface area contributed by atoms with E-state index in [1.165, 1.54) is 4.31 Å². The molecule has 7 nitrogen and oxygen atoms in total. The SMILES string of the molecule is CCN(c1nc(C)ccc1S(=O)(=O)N1CCC[C@H]1C(=O)N[C@@H]1CCC(F)(F)C1)C(C)C. The highest BCUT2D eigenvalue weighted by atomic mass is 32.2. The summed E-state index contributed by atoms with van der Waals surface area (Å²) in [7, 11) is -4.01. The average molecular weight is 459 g/mol. The number of carbonyl (C=O) groups excluding carboxylic acids is 1. The normalized spacial score (nSPS) is 24.0. The first-order valence-electron chi connectivity index (χ1n) is 10.9. The van der Waals surface area contributed by atoms with Crippen LogP contribution in [0.1, 0.15) is 58.6 Å². The first-order chi connectivity index (χ1) is 14.5. The minimum Gasteiger partial charge on any atom is -0.353 e. The van der Waals surface area contributed by atoms with Gasteiger partial charge in [0, 0.05) is 43.7 Å². The third-order valence-corrected chi connectivity index (χ3v) is 7.99. The van der Waals surface area contributed by atoms with Gasteiger partial charge in [-0.1, -0.05) is 0 Å². The molecule has 2 fully saturated rings. The lowest BCUT2D eigenvalue weighted by molar-refractivity contribution is -0.125. The molecule has 1 aliphatic heterocycles. The number of amides is 1. The van der Waals surface area contributed by atoms with Gasteiger partial charge < -0.3 is 10.2 Å². The number of hydrogen-bond donors (Lipinski definition) is 1. The number of pyridine rings is 1. The Labute approximate surface area is 183 Å². The number of nitrogens with one attached hydrogen (secondary N) is 1. The molecule has 1 aromatic heterocycles. The molecule has 1 aromatic rings. The molecular weight excluding hydrogens is 426 g/mol. The van der Waals surface area contributed by atoms with Crippen molar-refractivity contribution < 1.29 is 22.0 Å². The van der Waals surface area contributed by atoms with Crippen LogP contribution in [-0.4, -0.2) is 60.8 Å². The van der Waals surface area contributed by atoms with Gasteiger partial charge in [0.2, 0.25) is 21.9 Å². The molecule has 0 aromatic carbocycles. The third kappa shape index (κ3) is 5.00. The molecule has 174 valence electrons. The molecule has 1 aliphatic carbocycles. The number of anilines is 1. The summed E-state index contributed by atoms with van der Waals surface area (Å²) in [4.78, 5) is 19.3. The van der Waals surface area contributed by atoms with Crippen molar-refractivity contribution in [2.45, 2.75) is 88.7 Å². The van der Waals surface area contributed by atoms with Crippen molar-refractivity contribution in [2.75, 3.05) is 18.0 Å². The first kappa shape index (κ1) is 23.8. The van der Waals surface area contributed by atoms with Crippen LogP contribution < -0.4 is 10.2 Å². The van der Waals surface area contributed by atoms with E-state index in [-0.39, 0.29) is 30.3 Å². The molecule has 1 amide bonds. The fourth-order valence-corrected chi connectivity index (χ4v) is 6.28. The fraction of sp³-hybridized carbons (Fsp3) is 0.714. The van der Waals surface area contributed by atoms with Crippen LogP contribution in [-0.2, 0) is 14.8 Å². The molecule has 0 spiro atoms. The Balaban J connectivity index is 1.88. The Bertz CT molecular complexity index is 923. The predicted molar refractivity (Wildman–Crippen MR) is 115 cm³/mol. The van der Waals surface area contributed by atoms with Crippen LogP contribution in [0.5, 0.6) is 0 Å². The number of hydrogen-bond acceptors (Lipinski definition) is 5. The number of alkyl halides is 2. The maximum absolute atomic E-state index is 13.6.